The van der Waals surface area contributed by atoms with Gasteiger partial charge in [0.2, 0.25) is 0 Å². The van der Waals surface area contributed by atoms with E-state index in [2.05, 4.69) is 10.1 Å². The number of pyridine rings is 1. The van der Waals surface area contributed by atoms with E-state index in [1.165, 1.54) is 24.1 Å². The molecule has 0 bridgehead atoms. The first-order valence-electron chi connectivity index (χ1n) is 3.87. The Hall–Kier alpha value is -1.82. The molecule has 0 fully saturated rings. The summed E-state index contributed by atoms with van der Waals surface area (Å²) in [5, 5.41) is 11.8. The zero-order valence-corrected chi connectivity index (χ0v) is 8.54. The largest absolute Gasteiger partial charge is 0.478 e. The number of aromatic carboxylic acids is 1. The average Bonchev–Trinajstić information content (AvgIpc) is 2.43. The molecule has 0 radical (unpaired) electrons. The molecule has 0 unspecified atom stereocenters. The van der Waals surface area contributed by atoms with Crippen molar-refractivity contribution < 1.29 is 9.90 Å². The van der Waals surface area contributed by atoms with Crippen LogP contribution in [-0.2, 0) is 7.05 Å². The summed E-state index contributed by atoms with van der Waals surface area (Å²) in [6.07, 6.45) is 2.56. The van der Waals surface area contributed by atoms with Gasteiger partial charge in [0.15, 0.2) is 0 Å². The summed E-state index contributed by atoms with van der Waals surface area (Å²) in [5.74, 6) is -1.11. The molecule has 0 atom stereocenters. The lowest BCUT2D eigenvalue weighted by Gasteiger charge is -1.93. The quantitative estimate of drug-likeness (QED) is 0.740. The molecule has 0 aliphatic heterocycles. The second-order valence-corrected chi connectivity index (χ2v) is 2.89. The van der Waals surface area contributed by atoms with Gasteiger partial charge in [-0.05, 0) is 0 Å². The fraction of sp³-hybridized carbons (Fsp3) is 0.125. The van der Waals surface area contributed by atoms with E-state index >= 15 is 0 Å². The highest BCUT2D eigenvalue weighted by atomic mass is 35.5. The van der Waals surface area contributed by atoms with Crippen molar-refractivity contribution in [2.75, 3.05) is 0 Å². The summed E-state index contributed by atoms with van der Waals surface area (Å²) in [6, 6.07) is 0. The van der Waals surface area contributed by atoms with Gasteiger partial charge in [0.1, 0.15) is 5.56 Å². The number of nitrogens with one attached hydrogen (secondary N) is 1. The number of H-pyrrole nitrogens is 1. The Morgan fingerprint density at radius 1 is 1.53 bits per heavy atom. The van der Waals surface area contributed by atoms with Crippen molar-refractivity contribution in [2.24, 2.45) is 7.05 Å². The van der Waals surface area contributed by atoms with Crippen LogP contribution in [0.4, 0.5) is 0 Å². The lowest BCUT2D eigenvalue weighted by Crippen LogP contribution is -2.11. The van der Waals surface area contributed by atoms with Crippen LogP contribution in [0.15, 0.2) is 17.2 Å². The second-order valence-electron chi connectivity index (χ2n) is 2.89. The SMILES string of the molecule is Cl.Cn1[nH]c2c(C(=O)O)cncc2c1=O. The highest BCUT2D eigenvalue weighted by Crippen LogP contribution is 2.10. The van der Waals surface area contributed by atoms with Crippen molar-refractivity contribution in [3.05, 3.63) is 28.3 Å². The second kappa shape index (κ2) is 3.74. The lowest BCUT2D eigenvalue weighted by atomic mass is 10.2. The Kier molecular flexibility index (Phi) is 2.81. The van der Waals surface area contributed by atoms with Crippen LogP contribution in [0.3, 0.4) is 0 Å². The van der Waals surface area contributed by atoms with Crippen LogP contribution < -0.4 is 5.56 Å². The predicted molar refractivity (Wildman–Crippen MR) is 55.5 cm³/mol. The number of rotatable bonds is 1. The molecule has 7 heteroatoms. The number of halogens is 1. The van der Waals surface area contributed by atoms with Gasteiger partial charge in [-0.3, -0.25) is 19.6 Å². The van der Waals surface area contributed by atoms with Gasteiger partial charge in [0.25, 0.3) is 5.56 Å². The standard InChI is InChI=1S/C8H7N3O3.ClH/c1-11-7(12)4-2-9-3-5(8(13)14)6(4)10-11;/h2-3,10H,1H3,(H,13,14);1H. The molecule has 15 heavy (non-hydrogen) atoms. The van der Waals surface area contributed by atoms with Crippen LogP contribution in [0.1, 0.15) is 10.4 Å². The third kappa shape index (κ3) is 1.59. The minimum atomic E-state index is -1.11. The summed E-state index contributed by atoms with van der Waals surface area (Å²) >= 11 is 0. The number of hydrogen-bond donors (Lipinski definition) is 2. The summed E-state index contributed by atoms with van der Waals surface area (Å²) in [6.45, 7) is 0. The molecule has 0 aromatic carbocycles. The van der Waals surface area contributed by atoms with Gasteiger partial charge in [-0.1, -0.05) is 0 Å². The van der Waals surface area contributed by atoms with E-state index in [4.69, 9.17) is 5.11 Å². The van der Waals surface area contributed by atoms with E-state index in [0.29, 0.717) is 5.52 Å². The van der Waals surface area contributed by atoms with Gasteiger partial charge in [-0.2, -0.15) is 0 Å². The fourth-order valence-corrected chi connectivity index (χ4v) is 1.30. The molecule has 0 saturated carbocycles. The van der Waals surface area contributed by atoms with Crippen molar-refractivity contribution in [1.82, 2.24) is 14.8 Å². The predicted octanol–water partition coefficient (Wildman–Crippen LogP) is 0.382. The average molecular weight is 230 g/mol. The first-order chi connectivity index (χ1) is 6.61. The number of carboxylic acid groups (broad SMARTS) is 1. The molecule has 0 amide bonds. The number of nitrogens with zero attached hydrogens (tertiary/aromatic N) is 2. The van der Waals surface area contributed by atoms with Crippen LogP contribution in [-0.4, -0.2) is 25.8 Å². The fourth-order valence-electron chi connectivity index (χ4n) is 1.30. The van der Waals surface area contributed by atoms with Crippen molar-refractivity contribution in [3.8, 4) is 0 Å². The van der Waals surface area contributed by atoms with Gasteiger partial charge >= 0.3 is 5.97 Å². The molecular formula is C8H8ClN3O3. The minimum Gasteiger partial charge on any atom is -0.478 e. The van der Waals surface area contributed by atoms with Gasteiger partial charge in [-0.25, -0.2) is 4.79 Å². The van der Waals surface area contributed by atoms with Crippen LogP contribution in [0.25, 0.3) is 10.9 Å². The van der Waals surface area contributed by atoms with Gasteiger partial charge < -0.3 is 5.11 Å². The Labute approximate surface area is 89.9 Å². The maximum absolute atomic E-state index is 11.4. The number of aromatic nitrogens is 3. The molecule has 0 aliphatic rings. The number of carbonyl (C=O) groups is 1. The zero-order valence-electron chi connectivity index (χ0n) is 7.72. The maximum atomic E-state index is 11.4. The first-order valence-corrected chi connectivity index (χ1v) is 3.87. The van der Waals surface area contributed by atoms with Gasteiger partial charge in [0.05, 0.1) is 10.9 Å². The van der Waals surface area contributed by atoms with E-state index in [1.807, 2.05) is 0 Å². The van der Waals surface area contributed by atoms with Crippen LogP contribution in [0.2, 0.25) is 0 Å². The number of aryl methyl sites for hydroxylation is 1. The molecular weight excluding hydrogens is 222 g/mol. The zero-order chi connectivity index (χ0) is 10.3. The minimum absolute atomic E-state index is 0. The number of hydrogen-bond acceptors (Lipinski definition) is 3. The number of carboxylic acids is 1. The van der Waals surface area contributed by atoms with E-state index in [-0.39, 0.29) is 28.9 Å². The van der Waals surface area contributed by atoms with Crippen LogP contribution in [0.5, 0.6) is 0 Å². The highest BCUT2D eigenvalue weighted by molar-refractivity contribution is 6.00. The Morgan fingerprint density at radius 2 is 2.20 bits per heavy atom. The van der Waals surface area contributed by atoms with Gasteiger partial charge in [-0.15, -0.1) is 12.4 Å². The van der Waals surface area contributed by atoms with Crippen LogP contribution >= 0.6 is 12.4 Å². The Balaban J connectivity index is 0.00000112. The van der Waals surface area contributed by atoms with Crippen molar-refractivity contribution >= 4 is 29.3 Å². The van der Waals surface area contributed by atoms with E-state index in [0.717, 1.165) is 0 Å². The Morgan fingerprint density at radius 3 is 2.80 bits per heavy atom. The molecule has 2 heterocycles. The van der Waals surface area contributed by atoms with Crippen LogP contribution in [0, 0.1) is 0 Å². The molecule has 2 N–H and O–H groups in total. The monoisotopic (exact) mass is 229 g/mol. The van der Waals surface area contributed by atoms with E-state index in [9.17, 15) is 9.59 Å². The molecule has 6 nitrogen and oxygen atoms in total. The third-order valence-electron chi connectivity index (χ3n) is 1.99. The molecule has 80 valence electrons. The first kappa shape index (κ1) is 11.3. The lowest BCUT2D eigenvalue weighted by molar-refractivity contribution is 0.0698. The summed E-state index contributed by atoms with van der Waals surface area (Å²) < 4.78 is 1.22. The number of fused-ring (bicyclic) bond motifs is 1. The number of aromatic amines is 1. The summed E-state index contributed by atoms with van der Waals surface area (Å²) in [4.78, 5) is 25.9. The van der Waals surface area contributed by atoms with Crippen molar-refractivity contribution in [2.45, 2.75) is 0 Å². The van der Waals surface area contributed by atoms with Crippen molar-refractivity contribution in [1.29, 1.82) is 0 Å². The third-order valence-corrected chi connectivity index (χ3v) is 1.99. The molecule has 2 aromatic rings. The normalized spacial score (nSPS) is 9.93. The Bertz CT molecular complexity index is 572. The topological polar surface area (TPSA) is 88.0 Å². The van der Waals surface area contributed by atoms with Crippen molar-refractivity contribution in [3.63, 3.8) is 0 Å². The molecule has 0 saturated heterocycles. The maximum Gasteiger partial charge on any atom is 0.339 e. The highest BCUT2D eigenvalue weighted by Gasteiger charge is 2.13. The molecule has 0 aliphatic carbocycles. The van der Waals surface area contributed by atoms with Gasteiger partial charge in [0, 0.05) is 19.4 Å². The summed E-state index contributed by atoms with van der Waals surface area (Å²) in [5.41, 5.74) is 0.0239. The van der Waals surface area contributed by atoms with E-state index in [1.54, 1.807) is 0 Å². The molecule has 0 spiro atoms. The smallest absolute Gasteiger partial charge is 0.339 e. The molecule has 2 aromatic heterocycles. The summed E-state index contributed by atoms with van der Waals surface area (Å²) in [7, 11) is 1.52. The molecule has 2 rings (SSSR count). The van der Waals surface area contributed by atoms with E-state index < -0.39 is 5.97 Å².